The summed E-state index contributed by atoms with van der Waals surface area (Å²) in [6, 6.07) is 4.04. The van der Waals surface area contributed by atoms with Gasteiger partial charge in [-0.05, 0) is 51.0 Å². The molecule has 0 spiro atoms. The first-order chi connectivity index (χ1) is 8.78. The second-order valence-electron chi connectivity index (χ2n) is 5.59. The lowest BCUT2D eigenvalue weighted by molar-refractivity contribution is -0.141. The van der Waals surface area contributed by atoms with Gasteiger partial charge in [0.2, 0.25) is 0 Å². The van der Waals surface area contributed by atoms with E-state index in [1.54, 1.807) is 0 Å². The second-order valence-corrected chi connectivity index (χ2v) is 5.59. The molecule has 0 amide bonds. The molecule has 1 aliphatic heterocycles. The number of nitrogens with zero attached hydrogens (tertiary/aromatic N) is 1. The van der Waals surface area contributed by atoms with Gasteiger partial charge in [-0.3, -0.25) is 0 Å². The van der Waals surface area contributed by atoms with Crippen molar-refractivity contribution < 1.29 is 14.4 Å². The molecule has 0 saturated heterocycles. The Bertz CT molecular complexity index is 559. The molecule has 0 aliphatic carbocycles. The van der Waals surface area contributed by atoms with Crippen LogP contribution >= 0.6 is 0 Å². The van der Waals surface area contributed by atoms with Crippen LogP contribution in [0.4, 0.5) is 0 Å². The van der Waals surface area contributed by atoms with Gasteiger partial charge >= 0.3 is 5.97 Å². The summed E-state index contributed by atoms with van der Waals surface area (Å²) in [5, 5.41) is 3.98. The average Bonchev–Trinajstić information content (AvgIpc) is 2.27. The van der Waals surface area contributed by atoms with Crippen molar-refractivity contribution in [3.8, 4) is 5.75 Å². The summed E-state index contributed by atoms with van der Waals surface area (Å²) >= 11 is 0. The Morgan fingerprint density at radius 2 is 1.95 bits per heavy atom. The van der Waals surface area contributed by atoms with E-state index in [9.17, 15) is 4.79 Å². The Kier molecular flexibility index (Phi) is 3.35. The highest BCUT2D eigenvalue weighted by molar-refractivity contribution is 6.04. The Morgan fingerprint density at radius 1 is 1.32 bits per heavy atom. The number of carbonyl (C=O) groups is 1. The third kappa shape index (κ3) is 2.95. The van der Waals surface area contributed by atoms with Crippen molar-refractivity contribution in [3.63, 3.8) is 0 Å². The Hall–Kier alpha value is -1.84. The Labute approximate surface area is 113 Å². The van der Waals surface area contributed by atoms with Crippen LogP contribution in [-0.4, -0.2) is 17.3 Å². The fourth-order valence-corrected chi connectivity index (χ4v) is 2.13. The minimum Gasteiger partial charge on any atom is -0.487 e. The topological polar surface area (TPSA) is 47.9 Å². The molecule has 0 saturated carbocycles. The van der Waals surface area contributed by atoms with Gasteiger partial charge in [-0.15, -0.1) is 0 Å². The van der Waals surface area contributed by atoms with Gasteiger partial charge in [0.15, 0.2) is 0 Å². The molecular formula is C15H19NO3. The van der Waals surface area contributed by atoms with Crippen LogP contribution in [0, 0.1) is 13.8 Å². The number of fused-ring (bicyclic) bond motifs is 1. The van der Waals surface area contributed by atoms with E-state index >= 15 is 0 Å². The monoisotopic (exact) mass is 261 g/mol. The summed E-state index contributed by atoms with van der Waals surface area (Å²) in [7, 11) is 0. The van der Waals surface area contributed by atoms with Crippen LogP contribution in [0.25, 0.3) is 0 Å². The first-order valence-electron chi connectivity index (χ1n) is 6.33. The van der Waals surface area contributed by atoms with E-state index in [-0.39, 0.29) is 5.60 Å². The van der Waals surface area contributed by atoms with Crippen LogP contribution in [0.3, 0.4) is 0 Å². The zero-order valence-electron chi connectivity index (χ0n) is 12.0. The lowest BCUT2D eigenvalue weighted by Gasteiger charge is -2.33. The maximum absolute atomic E-state index is 10.9. The molecule has 0 unspecified atom stereocenters. The van der Waals surface area contributed by atoms with Gasteiger partial charge in [0.25, 0.3) is 0 Å². The molecule has 0 fully saturated rings. The molecule has 19 heavy (non-hydrogen) atoms. The van der Waals surface area contributed by atoms with E-state index < -0.39 is 5.97 Å². The fourth-order valence-electron chi connectivity index (χ4n) is 2.13. The van der Waals surface area contributed by atoms with Crippen LogP contribution in [0.1, 0.15) is 43.9 Å². The number of ether oxygens (including phenoxy) is 1. The zero-order chi connectivity index (χ0) is 14.2. The molecule has 0 N–H and O–H groups in total. The van der Waals surface area contributed by atoms with Crippen LogP contribution in [0.5, 0.6) is 5.75 Å². The zero-order valence-corrected chi connectivity index (χ0v) is 12.0. The second kappa shape index (κ2) is 4.68. The molecule has 2 rings (SSSR count). The van der Waals surface area contributed by atoms with E-state index in [0.29, 0.717) is 6.42 Å². The van der Waals surface area contributed by atoms with Gasteiger partial charge in [-0.1, -0.05) is 5.16 Å². The number of hydrogen-bond acceptors (Lipinski definition) is 4. The smallest absolute Gasteiger partial charge is 0.331 e. The molecule has 0 aromatic heterocycles. The molecule has 0 radical (unpaired) electrons. The Balaban J connectivity index is 2.50. The van der Waals surface area contributed by atoms with Crippen molar-refractivity contribution in [2.45, 2.75) is 46.6 Å². The van der Waals surface area contributed by atoms with Crippen molar-refractivity contribution >= 4 is 11.7 Å². The molecule has 4 nitrogen and oxygen atoms in total. The summed E-state index contributed by atoms with van der Waals surface area (Å²) in [6.07, 6.45) is 0.607. The van der Waals surface area contributed by atoms with Crippen molar-refractivity contribution in [1.82, 2.24) is 0 Å². The number of aryl methyl sites for hydroxylation is 2. The van der Waals surface area contributed by atoms with Crippen molar-refractivity contribution in [3.05, 3.63) is 28.8 Å². The molecule has 1 aromatic carbocycles. The van der Waals surface area contributed by atoms with Gasteiger partial charge < -0.3 is 9.57 Å². The fraction of sp³-hybridized carbons (Fsp3) is 0.467. The van der Waals surface area contributed by atoms with Gasteiger partial charge in [-0.2, -0.15) is 0 Å². The van der Waals surface area contributed by atoms with E-state index in [1.807, 2.05) is 39.8 Å². The predicted molar refractivity (Wildman–Crippen MR) is 73.5 cm³/mol. The third-order valence-corrected chi connectivity index (χ3v) is 3.17. The Morgan fingerprint density at radius 3 is 2.58 bits per heavy atom. The molecule has 0 bridgehead atoms. The summed E-state index contributed by atoms with van der Waals surface area (Å²) < 4.78 is 5.97. The lowest BCUT2D eigenvalue weighted by Crippen LogP contribution is -2.36. The van der Waals surface area contributed by atoms with Crippen molar-refractivity contribution in [1.29, 1.82) is 0 Å². The van der Waals surface area contributed by atoms with Crippen LogP contribution < -0.4 is 4.74 Å². The number of oxime groups is 1. The first-order valence-corrected chi connectivity index (χ1v) is 6.33. The highest BCUT2D eigenvalue weighted by Gasteiger charge is 2.32. The van der Waals surface area contributed by atoms with Crippen molar-refractivity contribution in [2.75, 3.05) is 0 Å². The highest BCUT2D eigenvalue weighted by Crippen LogP contribution is 2.35. The molecular weight excluding hydrogens is 242 g/mol. The maximum atomic E-state index is 10.9. The summed E-state index contributed by atoms with van der Waals surface area (Å²) in [5.74, 6) is 0.382. The van der Waals surface area contributed by atoms with Gasteiger partial charge in [0.1, 0.15) is 11.4 Å². The molecule has 1 aromatic rings. The van der Waals surface area contributed by atoms with Gasteiger partial charge in [0.05, 0.1) is 5.71 Å². The highest BCUT2D eigenvalue weighted by atomic mass is 16.7. The molecule has 4 heteroatoms. The quantitative estimate of drug-likeness (QED) is 0.576. The summed E-state index contributed by atoms with van der Waals surface area (Å²) in [6.45, 7) is 9.42. The van der Waals surface area contributed by atoms with E-state index in [2.05, 4.69) is 5.16 Å². The number of rotatable bonds is 1. The maximum Gasteiger partial charge on any atom is 0.331 e. The van der Waals surface area contributed by atoms with Crippen LogP contribution in [0.2, 0.25) is 0 Å². The number of benzene rings is 1. The summed E-state index contributed by atoms with van der Waals surface area (Å²) in [4.78, 5) is 15.7. The molecule has 1 aliphatic rings. The van der Waals surface area contributed by atoms with Gasteiger partial charge in [0, 0.05) is 18.9 Å². The molecule has 0 atom stereocenters. The van der Waals surface area contributed by atoms with Crippen LogP contribution in [0.15, 0.2) is 17.3 Å². The van der Waals surface area contributed by atoms with Crippen LogP contribution in [-0.2, 0) is 9.63 Å². The number of hydrogen-bond donors (Lipinski definition) is 0. The predicted octanol–water partition coefficient (Wildman–Crippen LogP) is 3.13. The first kappa shape index (κ1) is 13.6. The largest absolute Gasteiger partial charge is 0.487 e. The minimum atomic E-state index is -0.415. The number of carbonyl (C=O) groups excluding carboxylic acids is 1. The molecule has 102 valence electrons. The van der Waals surface area contributed by atoms with Gasteiger partial charge in [-0.25, -0.2) is 4.79 Å². The third-order valence-electron chi connectivity index (χ3n) is 3.17. The molecule has 1 heterocycles. The van der Waals surface area contributed by atoms with E-state index in [4.69, 9.17) is 9.57 Å². The normalized spacial score (nSPS) is 18.7. The lowest BCUT2D eigenvalue weighted by atomic mass is 9.90. The van der Waals surface area contributed by atoms with Crippen molar-refractivity contribution in [2.24, 2.45) is 5.16 Å². The summed E-state index contributed by atoms with van der Waals surface area (Å²) in [5.41, 5.74) is 3.64. The standard InChI is InChI=1S/C15H19NO3/c1-9-6-12-13(16-19-11(3)17)8-15(4,5)18-14(12)7-10(9)2/h6-7H,8H2,1-5H3/b16-13-. The van der Waals surface area contributed by atoms with E-state index in [1.165, 1.54) is 12.5 Å². The average molecular weight is 261 g/mol. The minimum absolute atomic E-state index is 0.353. The SMILES string of the molecule is CC(=O)O/N=C1/CC(C)(C)Oc2cc(C)c(C)cc21. The van der Waals surface area contributed by atoms with E-state index in [0.717, 1.165) is 22.6 Å².